The Hall–Kier alpha value is -0.610. The van der Waals surface area contributed by atoms with E-state index >= 15 is 0 Å². The minimum atomic E-state index is -0.0582. The number of likely N-dealkylation sites (tertiary alicyclic amines) is 1. The summed E-state index contributed by atoms with van der Waals surface area (Å²) in [7, 11) is 2.17. The van der Waals surface area contributed by atoms with E-state index in [1.165, 1.54) is 6.42 Å². The normalized spacial score (nSPS) is 23.4. The molecule has 106 valence electrons. The lowest BCUT2D eigenvalue weighted by Crippen LogP contribution is -2.41. The minimum absolute atomic E-state index is 0.0562. The number of amides is 1. The van der Waals surface area contributed by atoms with Gasteiger partial charge in [0.2, 0.25) is 5.91 Å². The standard InChI is InChI=1S/C14H29N3O/c1-5-7-16(4)9-13-6-8-17(10-13)14(18)11(2)12(3)15/h11-13H,5-10,15H2,1-4H3. The molecule has 1 aliphatic rings. The first-order chi connectivity index (χ1) is 8.45. The van der Waals surface area contributed by atoms with Gasteiger partial charge in [0.25, 0.3) is 0 Å². The molecular formula is C14H29N3O. The monoisotopic (exact) mass is 255 g/mol. The van der Waals surface area contributed by atoms with E-state index in [1.807, 2.05) is 18.7 Å². The summed E-state index contributed by atoms with van der Waals surface area (Å²) in [6.07, 6.45) is 2.32. The maximum atomic E-state index is 12.2. The Morgan fingerprint density at radius 2 is 2.17 bits per heavy atom. The molecule has 0 aromatic carbocycles. The maximum absolute atomic E-state index is 12.2. The van der Waals surface area contributed by atoms with Crippen molar-refractivity contribution in [2.45, 2.75) is 39.7 Å². The highest BCUT2D eigenvalue weighted by Crippen LogP contribution is 2.20. The predicted molar refractivity (Wildman–Crippen MR) is 75.3 cm³/mol. The zero-order valence-corrected chi connectivity index (χ0v) is 12.4. The summed E-state index contributed by atoms with van der Waals surface area (Å²) in [5.74, 6) is 0.800. The lowest BCUT2D eigenvalue weighted by Gasteiger charge is -2.24. The minimum Gasteiger partial charge on any atom is -0.342 e. The number of hydrogen-bond acceptors (Lipinski definition) is 3. The molecule has 4 heteroatoms. The van der Waals surface area contributed by atoms with Crippen LogP contribution in [0.25, 0.3) is 0 Å². The Labute approximate surface area is 111 Å². The molecule has 0 radical (unpaired) electrons. The van der Waals surface area contributed by atoms with Gasteiger partial charge in [-0.05, 0) is 39.3 Å². The van der Waals surface area contributed by atoms with Crippen molar-refractivity contribution in [2.24, 2.45) is 17.6 Å². The molecule has 2 N–H and O–H groups in total. The zero-order valence-electron chi connectivity index (χ0n) is 12.4. The van der Waals surface area contributed by atoms with E-state index in [2.05, 4.69) is 18.9 Å². The Kier molecular flexibility index (Phi) is 6.09. The van der Waals surface area contributed by atoms with Crippen molar-refractivity contribution >= 4 is 5.91 Å². The first-order valence-electron chi connectivity index (χ1n) is 7.18. The van der Waals surface area contributed by atoms with Gasteiger partial charge in [-0.3, -0.25) is 4.79 Å². The summed E-state index contributed by atoms with van der Waals surface area (Å²) in [6, 6.07) is -0.0562. The van der Waals surface area contributed by atoms with Gasteiger partial charge in [-0.25, -0.2) is 0 Å². The van der Waals surface area contributed by atoms with Gasteiger partial charge in [0.15, 0.2) is 0 Å². The largest absolute Gasteiger partial charge is 0.342 e. The summed E-state index contributed by atoms with van der Waals surface area (Å²) in [5, 5.41) is 0. The Morgan fingerprint density at radius 3 is 2.72 bits per heavy atom. The van der Waals surface area contributed by atoms with Gasteiger partial charge < -0.3 is 15.5 Å². The Morgan fingerprint density at radius 1 is 1.50 bits per heavy atom. The van der Waals surface area contributed by atoms with Crippen molar-refractivity contribution in [3.05, 3.63) is 0 Å². The first-order valence-corrected chi connectivity index (χ1v) is 7.18. The van der Waals surface area contributed by atoms with Gasteiger partial charge in [0.1, 0.15) is 0 Å². The first kappa shape index (κ1) is 15.4. The molecule has 0 aliphatic carbocycles. The van der Waals surface area contributed by atoms with Crippen LogP contribution >= 0.6 is 0 Å². The molecule has 18 heavy (non-hydrogen) atoms. The number of carbonyl (C=O) groups excluding carboxylic acids is 1. The molecular weight excluding hydrogens is 226 g/mol. The van der Waals surface area contributed by atoms with Crippen LogP contribution in [0.2, 0.25) is 0 Å². The van der Waals surface area contributed by atoms with Crippen molar-refractivity contribution < 1.29 is 4.79 Å². The third-order valence-corrected chi connectivity index (χ3v) is 3.95. The van der Waals surface area contributed by atoms with Crippen LogP contribution in [0.15, 0.2) is 0 Å². The van der Waals surface area contributed by atoms with Crippen LogP contribution in [-0.2, 0) is 4.79 Å². The van der Waals surface area contributed by atoms with Gasteiger partial charge in [0, 0.05) is 25.7 Å². The Bertz CT molecular complexity index is 268. The fraction of sp³-hybridized carbons (Fsp3) is 0.929. The maximum Gasteiger partial charge on any atom is 0.226 e. The number of nitrogens with two attached hydrogens (primary N) is 1. The number of rotatable bonds is 6. The third kappa shape index (κ3) is 4.25. The number of hydrogen-bond donors (Lipinski definition) is 1. The lowest BCUT2D eigenvalue weighted by molar-refractivity contribution is -0.134. The molecule has 3 atom stereocenters. The van der Waals surface area contributed by atoms with Crippen LogP contribution in [0.1, 0.15) is 33.6 Å². The SMILES string of the molecule is CCCN(C)CC1CCN(C(=O)C(C)C(C)N)C1. The molecule has 1 heterocycles. The third-order valence-electron chi connectivity index (χ3n) is 3.95. The molecule has 1 rings (SSSR count). The van der Waals surface area contributed by atoms with Gasteiger partial charge in [-0.2, -0.15) is 0 Å². The highest BCUT2D eigenvalue weighted by atomic mass is 16.2. The smallest absolute Gasteiger partial charge is 0.226 e. The summed E-state index contributed by atoms with van der Waals surface area (Å²) in [6.45, 7) is 10.1. The molecule has 4 nitrogen and oxygen atoms in total. The van der Waals surface area contributed by atoms with E-state index in [1.54, 1.807) is 0 Å². The average molecular weight is 255 g/mol. The molecule has 1 amide bonds. The van der Waals surface area contributed by atoms with E-state index in [9.17, 15) is 4.79 Å². The topological polar surface area (TPSA) is 49.6 Å². The van der Waals surface area contributed by atoms with Gasteiger partial charge in [-0.1, -0.05) is 13.8 Å². The van der Waals surface area contributed by atoms with Crippen molar-refractivity contribution in [1.82, 2.24) is 9.80 Å². The van der Waals surface area contributed by atoms with Crippen molar-refractivity contribution in [3.8, 4) is 0 Å². The molecule has 0 saturated carbocycles. The second-order valence-corrected chi connectivity index (χ2v) is 5.85. The van der Waals surface area contributed by atoms with Crippen molar-refractivity contribution in [3.63, 3.8) is 0 Å². The van der Waals surface area contributed by atoms with Gasteiger partial charge in [0.05, 0.1) is 5.92 Å². The van der Waals surface area contributed by atoms with Crippen LogP contribution in [0, 0.1) is 11.8 Å². The molecule has 0 bridgehead atoms. The lowest BCUT2D eigenvalue weighted by atomic mass is 10.0. The quantitative estimate of drug-likeness (QED) is 0.775. The molecule has 0 aromatic heterocycles. The summed E-state index contributed by atoms with van der Waals surface area (Å²) in [5.41, 5.74) is 5.80. The van der Waals surface area contributed by atoms with Gasteiger partial charge in [-0.15, -0.1) is 0 Å². The number of carbonyl (C=O) groups is 1. The second-order valence-electron chi connectivity index (χ2n) is 5.85. The van der Waals surface area contributed by atoms with Crippen LogP contribution in [0.3, 0.4) is 0 Å². The molecule has 0 aromatic rings. The van der Waals surface area contributed by atoms with E-state index in [-0.39, 0.29) is 17.9 Å². The molecule has 1 fully saturated rings. The number of nitrogens with zero attached hydrogens (tertiary/aromatic N) is 2. The molecule has 3 unspecified atom stereocenters. The van der Waals surface area contributed by atoms with Crippen molar-refractivity contribution in [2.75, 3.05) is 33.2 Å². The van der Waals surface area contributed by atoms with E-state index in [4.69, 9.17) is 5.73 Å². The van der Waals surface area contributed by atoms with Crippen LogP contribution in [0.5, 0.6) is 0 Å². The van der Waals surface area contributed by atoms with Crippen LogP contribution in [-0.4, -0.2) is 55.0 Å². The summed E-state index contributed by atoms with van der Waals surface area (Å²) < 4.78 is 0. The predicted octanol–water partition coefficient (Wildman–Crippen LogP) is 1.16. The second kappa shape index (κ2) is 7.10. The average Bonchev–Trinajstić information content (AvgIpc) is 2.75. The molecule has 1 aliphatic heterocycles. The van der Waals surface area contributed by atoms with Crippen LogP contribution in [0.4, 0.5) is 0 Å². The Balaban J connectivity index is 2.39. The van der Waals surface area contributed by atoms with E-state index < -0.39 is 0 Å². The van der Waals surface area contributed by atoms with Crippen molar-refractivity contribution in [1.29, 1.82) is 0 Å². The molecule has 0 spiro atoms. The zero-order chi connectivity index (χ0) is 13.7. The fourth-order valence-electron chi connectivity index (χ4n) is 2.61. The van der Waals surface area contributed by atoms with Crippen LogP contribution < -0.4 is 5.73 Å². The van der Waals surface area contributed by atoms with Gasteiger partial charge >= 0.3 is 0 Å². The summed E-state index contributed by atoms with van der Waals surface area (Å²) in [4.78, 5) is 16.5. The van der Waals surface area contributed by atoms with E-state index in [0.717, 1.165) is 32.6 Å². The van der Waals surface area contributed by atoms with E-state index in [0.29, 0.717) is 5.92 Å². The fourth-order valence-corrected chi connectivity index (χ4v) is 2.61. The molecule has 1 saturated heterocycles. The highest BCUT2D eigenvalue weighted by molar-refractivity contribution is 5.79. The highest BCUT2D eigenvalue weighted by Gasteiger charge is 2.30. The summed E-state index contributed by atoms with van der Waals surface area (Å²) >= 11 is 0.